The number of nitrogen functional groups attached to an aromatic ring is 1. The molecule has 92 valence electrons. The van der Waals surface area contributed by atoms with Crippen LogP contribution in [-0.2, 0) is 0 Å². The monoisotopic (exact) mass is 241 g/mol. The molecule has 0 amide bonds. The maximum Gasteiger partial charge on any atom is 0.119 e. The first-order valence-electron chi connectivity index (χ1n) is 5.61. The summed E-state index contributed by atoms with van der Waals surface area (Å²) in [6.45, 7) is 1.96. The van der Waals surface area contributed by atoms with E-state index in [-0.39, 0.29) is 0 Å². The van der Waals surface area contributed by atoms with Crippen LogP contribution in [-0.4, -0.2) is 7.11 Å². The Labute approximate surface area is 106 Å². The van der Waals surface area contributed by atoms with Gasteiger partial charge in [-0.3, -0.25) is 0 Å². The zero-order valence-electron chi connectivity index (χ0n) is 10.4. The van der Waals surface area contributed by atoms with Gasteiger partial charge in [-0.05, 0) is 55.0 Å². The summed E-state index contributed by atoms with van der Waals surface area (Å²) in [5.74, 6) is 0.803. The van der Waals surface area contributed by atoms with Crippen molar-refractivity contribution >= 4 is 17.1 Å². The molecule has 0 radical (unpaired) electrons. The van der Waals surface area contributed by atoms with Gasteiger partial charge in [0.15, 0.2) is 0 Å². The van der Waals surface area contributed by atoms with Crippen molar-refractivity contribution in [1.29, 1.82) is 0 Å². The van der Waals surface area contributed by atoms with E-state index < -0.39 is 0 Å². The van der Waals surface area contributed by atoms with Crippen LogP contribution in [0.4, 0.5) is 17.1 Å². The van der Waals surface area contributed by atoms with Gasteiger partial charge in [-0.2, -0.15) is 10.2 Å². The van der Waals surface area contributed by atoms with Crippen molar-refractivity contribution < 1.29 is 4.74 Å². The number of hydrogen-bond acceptors (Lipinski definition) is 4. The van der Waals surface area contributed by atoms with Gasteiger partial charge in [-0.25, -0.2) is 0 Å². The molecule has 0 saturated carbocycles. The van der Waals surface area contributed by atoms with Gasteiger partial charge < -0.3 is 10.5 Å². The van der Waals surface area contributed by atoms with E-state index >= 15 is 0 Å². The highest BCUT2D eigenvalue weighted by molar-refractivity contribution is 5.54. The normalized spacial score (nSPS) is 10.8. The van der Waals surface area contributed by atoms with Crippen LogP contribution in [0.5, 0.6) is 5.75 Å². The lowest BCUT2D eigenvalue weighted by Crippen LogP contribution is -1.84. The van der Waals surface area contributed by atoms with Gasteiger partial charge in [0.2, 0.25) is 0 Å². The van der Waals surface area contributed by atoms with E-state index in [1.807, 2.05) is 49.4 Å². The number of ether oxygens (including phenoxy) is 1. The second-order valence-electron chi connectivity index (χ2n) is 3.94. The van der Waals surface area contributed by atoms with E-state index in [1.165, 1.54) is 0 Å². The minimum atomic E-state index is 0.732. The fraction of sp³-hybridized carbons (Fsp3) is 0.143. The van der Waals surface area contributed by atoms with Crippen LogP contribution in [0, 0.1) is 6.92 Å². The first kappa shape index (κ1) is 12.1. The molecule has 4 heteroatoms. The van der Waals surface area contributed by atoms with Crippen molar-refractivity contribution in [3.8, 4) is 5.75 Å². The van der Waals surface area contributed by atoms with Crippen molar-refractivity contribution in [2.24, 2.45) is 10.2 Å². The number of anilines is 1. The molecule has 0 aliphatic carbocycles. The molecule has 0 aliphatic heterocycles. The molecule has 0 bridgehead atoms. The molecular formula is C14H15N3O. The van der Waals surface area contributed by atoms with Crippen LogP contribution in [0.3, 0.4) is 0 Å². The molecule has 0 unspecified atom stereocenters. The third-order valence-corrected chi connectivity index (χ3v) is 2.57. The summed E-state index contributed by atoms with van der Waals surface area (Å²) in [6, 6.07) is 13.0. The molecule has 0 aromatic heterocycles. The van der Waals surface area contributed by atoms with Gasteiger partial charge >= 0.3 is 0 Å². The molecule has 2 N–H and O–H groups in total. The summed E-state index contributed by atoms with van der Waals surface area (Å²) in [4.78, 5) is 0. The minimum Gasteiger partial charge on any atom is -0.497 e. The zero-order chi connectivity index (χ0) is 13.0. The molecule has 2 aromatic carbocycles. The fourth-order valence-electron chi connectivity index (χ4n) is 1.55. The maximum atomic E-state index is 5.68. The number of hydrogen-bond donors (Lipinski definition) is 1. The van der Waals surface area contributed by atoms with E-state index in [9.17, 15) is 0 Å². The van der Waals surface area contributed by atoms with Crippen molar-refractivity contribution in [3.05, 3.63) is 48.0 Å². The van der Waals surface area contributed by atoms with Gasteiger partial charge in [-0.1, -0.05) is 0 Å². The smallest absolute Gasteiger partial charge is 0.119 e. The molecule has 0 heterocycles. The summed E-state index contributed by atoms with van der Waals surface area (Å²) in [5.41, 5.74) is 9.02. The second kappa shape index (κ2) is 5.31. The lowest BCUT2D eigenvalue weighted by Gasteiger charge is -2.01. The third kappa shape index (κ3) is 2.85. The van der Waals surface area contributed by atoms with E-state index in [0.29, 0.717) is 0 Å². The number of rotatable bonds is 3. The summed E-state index contributed by atoms with van der Waals surface area (Å²) in [6.07, 6.45) is 0. The third-order valence-electron chi connectivity index (χ3n) is 2.57. The average Bonchev–Trinajstić information content (AvgIpc) is 2.38. The van der Waals surface area contributed by atoms with Gasteiger partial charge in [-0.15, -0.1) is 0 Å². The van der Waals surface area contributed by atoms with Crippen LogP contribution in [0.15, 0.2) is 52.7 Å². The van der Waals surface area contributed by atoms with E-state index in [1.54, 1.807) is 7.11 Å². The Hall–Kier alpha value is -2.36. The predicted molar refractivity (Wildman–Crippen MR) is 72.8 cm³/mol. The first-order valence-corrected chi connectivity index (χ1v) is 5.61. The number of methoxy groups -OCH3 is 1. The summed E-state index contributed by atoms with van der Waals surface area (Å²) in [5, 5.41) is 8.37. The Morgan fingerprint density at radius 1 is 1.00 bits per heavy atom. The highest BCUT2D eigenvalue weighted by Crippen LogP contribution is 2.24. The SMILES string of the molecule is COc1ccc(N=Nc2ccc(N)cc2C)cc1. The van der Waals surface area contributed by atoms with Gasteiger partial charge in [0.25, 0.3) is 0 Å². The number of azo groups is 1. The average molecular weight is 241 g/mol. The highest BCUT2D eigenvalue weighted by atomic mass is 16.5. The van der Waals surface area contributed by atoms with Crippen LogP contribution in [0.25, 0.3) is 0 Å². The van der Waals surface area contributed by atoms with Gasteiger partial charge in [0, 0.05) is 5.69 Å². The molecular weight excluding hydrogens is 226 g/mol. The molecule has 0 spiro atoms. The second-order valence-corrected chi connectivity index (χ2v) is 3.94. The summed E-state index contributed by atoms with van der Waals surface area (Å²) < 4.78 is 5.08. The van der Waals surface area contributed by atoms with Gasteiger partial charge in [0.05, 0.1) is 18.5 Å². The predicted octanol–water partition coefficient (Wildman–Crippen LogP) is 4.00. The number of benzene rings is 2. The van der Waals surface area contributed by atoms with Crippen molar-refractivity contribution in [1.82, 2.24) is 0 Å². The van der Waals surface area contributed by atoms with Crippen molar-refractivity contribution in [2.75, 3.05) is 12.8 Å². The Balaban J connectivity index is 2.19. The molecule has 2 rings (SSSR count). The topological polar surface area (TPSA) is 60.0 Å². The Morgan fingerprint density at radius 2 is 1.72 bits per heavy atom. The molecule has 4 nitrogen and oxygen atoms in total. The molecule has 0 saturated heterocycles. The minimum absolute atomic E-state index is 0.732. The fourth-order valence-corrected chi connectivity index (χ4v) is 1.55. The lowest BCUT2D eigenvalue weighted by molar-refractivity contribution is 0.415. The van der Waals surface area contributed by atoms with Crippen LogP contribution in [0.2, 0.25) is 0 Å². The van der Waals surface area contributed by atoms with Crippen LogP contribution < -0.4 is 10.5 Å². The molecule has 2 aromatic rings. The maximum absolute atomic E-state index is 5.68. The van der Waals surface area contributed by atoms with Gasteiger partial charge in [0.1, 0.15) is 5.75 Å². The number of nitrogens with zero attached hydrogens (tertiary/aromatic N) is 2. The Morgan fingerprint density at radius 3 is 2.33 bits per heavy atom. The summed E-state index contributed by atoms with van der Waals surface area (Å²) in [7, 11) is 1.63. The number of aryl methyl sites for hydroxylation is 1. The first-order chi connectivity index (χ1) is 8.69. The highest BCUT2D eigenvalue weighted by Gasteiger charge is 1.97. The Bertz CT molecular complexity index is 562. The lowest BCUT2D eigenvalue weighted by atomic mass is 10.2. The molecule has 0 fully saturated rings. The summed E-state index contributed by atoms with van der Waals surface area (Å²) >= 11 is 0. The van der Waals surface area contributed by atoms with E-state index in [0.717, 1.165) is 28.4 Å². The van der Waals surface area contributed by atoms with Crippen molar-refractivity contribution in [2.45, 2.75) is 6.92 Å². The van der Waals surface area contributed by atoms with E-state index in [4.69, 9.17) is 10.5 Å². The van der Waals surface area contributed by atoms with Crippen molar-refractivity contribution in [3.63, 3.8) is 0 Å². The zero-order valence-corrected chi connectivity index (χ0v) is 10.4. The quantitative estimate of drug-likeness (QED) is 0.652. The standard InChI is InChI=1S/C14H15N3O/c1-10-9-11(15)3-8-14(10)17-16-12-4-6-13(18-2)7-5-12/h3-9H,15H2,1-2H3. The molecule has 0 atom stereocenters. The molecule has 18 heavy (non-hydrogen) atoms. The Kier molecular flexibility index (Phi) is 3.57. The van der Waals surface area contributed by atoms with Crippen LogP contribution in [0.1, 0.15) is 5.56 Å². The molecule has 0 aliphatic rings. The van der Waals surface area contributed by atoms with Crippen LogP contribution >= 0.6 is 0 Å². The van der Waals surface area contributed by atoms with E-state index in [2.05, 4.69) is 10.2 Å². The largest absolute Gasteiger partial charge is 0.497 e. The number of nitrogens with two attached hydrogens (primary N) is 1.